The molecule has 0 spiro atoms. The first kappa shape index (κ1) is 27.5. The second-order valence-corrected chi connectivity index (χ2v) is 8.76. The lowest BCUT2D eigenvalue weighted by molar-refractivity contribution is -0.274. The van der Waals surface area contributed by atoms with E-state index in [-0.39, 0.29) is 38.5 Å². The highest BCUT2D eigenvalue weighted by molar-refractivity contribution is 6.32. The largest absolute Gasteiger partial charge is 0.573 e. The molecule has 2 aromatic heterocycles. The van der Waals surface area contributed by atoms with Gasteiger partial charge in [0.15, 0.2) is 5.82 Å². The number of primary amides is 1. The van der Waals surface area contributed by atoms with E-state index in [0.29, 0.717) is 11.1 Å². The Labute approximate surface area is 229 Å². The molecule has 198 valence electrons. The zero-order chi connectivity index (χ0) is 28.3. The van der Waals surface area contributed by atoms with Crippen molar-refractivity contribution in [1.29, 1.82) is 0 Å². The van der Waals surface area contributed by atoms with Crippen LogP contribution in [-0.4, -0.2) is 32.9 Å². The third kappa shape index (κ3) is 6.67. The van der Waals surface area contributed by atoms with Crippen molar-refractivity contribution < 1.29 is 27.5 Å². The van der Waals surface area contributed by atoms with E-state index in [2.05, 4.69) is 32.0 Å². The second-order valence-electron chi connectivity index (χ2n) is 7.92. The van der Waals surface area contributed by atoms with Crippen molar-refractivity contribution in [2.75, 3.05) is 5.32 Å². The summed E-state index contributed by atoms with van der Waals surface area (Å²) in [5, 5.41) is 7.44. The molecule has 0 saturated carbocycles. The molecule has 0 radical (unpaired) electrons. The van der Waals surface area contributed by atoms with Crippen molar-refractivity contribution in [2.24, 2.45) is 5.73 Å². The Morgan fingerprint density at radius 3 is 2.44 bits per heavy atom. The fraction of sp³-hybridized carbons (Fsp3) is 0.0769. The molecule has 3 N–H and O–H groups in total. The minimum atomic E-state index is -4.81. The van der Waals surface area contributed by atoms with Crippen LogP contribution < -0.4 is 15.8 Å². The van der Waals surface area contributed by atoms with Gasteiger partial charge in [0.05, 0.1) is 16.3 Å². The van der Waals surface area contributed by atoms with E-state index in [1.807, 2.05) is 0 Å². The number of hydrogen-bond acceptors (Lipinski definition) is 5. The fourth-order valence-corrected chi connectivity index (χ4v) is 3.93. The molecule has 2 amide bonds. The highest BCUT2D eigenvalue weighted by Gasteiger charge is 2.31. The summed E-state index contributed by atoms with van der Waals surface area (Å²) in [5.41, 5.74) is 6.59. The molecule has 0 bridgehead atoms. The van der Waals surface area contributed by atoms with Crippen LogP contribution in [0.25, 0.3) is 5.82 Å². The number of anilines is 1. The van der Waals surface area contributed by atoms with E-state index >= 15 is 0 Å². The van der Waals surface area contributed by atoms with E-state index in [0.717, 1.165) is 12.1 Å². The molecule has 2 aromatic carbocycles. The van der Waals surface area contributed by atoms with Crippen LogP contribution in [0.2, 0.25) is 10.0 Å². The molecule has 39 heavy (non-hydrogen) atoms. The number of halogens is 5. The number of aryl methyl sites for hydroxylation is 1. The van der Waals surface area contributed by atoms with E-state index in [4.69, 9.17) is 28.9 Å². The van der Waals surface area contributed by atoms with Crippen molar-refractivity contribution >= 4 is 40.7 Å². The van der Waals surface area contributed by atoms with E-state index in [9.17, 15) is 22.8 Å². The quantitative estimate of drug-likeness (QED) is 0.305. The molecule has 0 saturated heterocycles. The first-order chi connectivity index (χ1) is 18.4. The Balaban J connectivity index is 1.71. The molecule has 0 unspecified atom stereocenters. The maximum absolute atomic E-state index is 13.4. The van der Waals surface area contributed by atoms with Crippen molar-refractivity contribution in [3.63, 3.8) is 0 Å². The summed E-state index contributed by atoms with van der Waals surface area (Å²) < 4.78 is 42.2. The number of hydrogen-bond donors (Lipinski definition) is 2. The monoisotopic (exact) mass is 573 g/mol. The number of benzene rings is 2. The van der Waals surface area contributed by atoms with Gasteiger partial charge in [-0.15, -0.1) is 13.2 Å². The fourth-order valence-electron chi connectivity index (χ4n) is 3.46. The van der Waals surface area contributed by atoms with Gasteiger partial charge in [0.2, 0.25) is 0 Å². The Morgan fingerprint density at radius 1 is 1.08 bits per heavy atom. The number of aromatic nitrogens is 3. The predicted molar refractivity (Wildman–Crippen MR) is 138 cm³/mol. The first-order valence-electron chi connectivity index (χ1n) is 10.9. The van der Waals surface area contributed by atoms with Gasteiger partial charge in [0, 0.05) is 22.8 Å². The highest BCUT2D eigenvalue weighted by atomic mass is 35.5. The zero-order valence-electron chi connectivity index (χ0n) is 19.8. The number of ether oxygens (including phenoxy) is 1. The van der Waals surface area contributed by atoms with Crippen molar-refractivity contribution in [3.8, 4) is 23.4 Å². The number of carbonyl (C=O) groups excluding carboxylic acids is 2. The van der Waals surface area contributed by atoms with Gasteiger partial charge in [-0.2, -0.15) is 5.10 Å². The molecule has 2 heterocycles. The lowest BCUT2D eigenvalue weighted by atomic mass is 10.1. The minimum absolute atomic E-state index is 0.00764. The normalized spacial score (nSPS) is 10.9. The van der Waals surface area contributed by atoms with Gasteiger partial charge in [-0.05, 0) is 66.9 Å². The lowest BCUT2D eigenvalue weighted by Crippen LogP contribution is -2.21. The Hall–Kier alpha value is -4.53. The van der Waals surface area contributed by atoms with Crippen molar-refractivity contribution in [1.82, 2.24) is 14.8 Å². The van der Waals surface area contributed by atoms with Crippen LogP contribution in [0.3, 0.4) is 0 Å². The molecular weight excluding hydrogens is 558 g/mol. The first-order valence-corrected chi connectivity index (χ1v) is 11.7. The SMILES string of the molecule is Cc1cc(Cl)cc(C(N)=O)c1NC(=O)c1cc(C#Cc2ccc(OC(F)(F)F)cc2)nn1-c1ncccc1Cl. The van der Waals surface area contributed by atoms with Crippen molar-refractivity contribution in [3.05, 3.63) is 98.9 Å². The number of nitrogens with one attached hydrogen (secondary N) is 1. The van der Waals surface area contributed by atoms with Crippen molar-refractivity contribution in [2.45, 2.75) is 13.3 Å². The number of pyridine rings is 1. The molecule has 0 fully saturated rings. The van der Waals surface area contributed by atoms with Gasteiger partial charge in [0.25, 0.3) is 11.8 Å². The van der Waals surface area contributed by atoms with E-state index < -0.39 is 23.9 Å². The number of alkyl halides is 3. The summed E-state index contributed by atoms with van der Waals surface area (Å²) in [6, 6.07) is 12.3. The van der Waals surface area contributed by atoms with Gasteiger partial charge in [0.1, 0.15) is 17.1 Å². The standard InChI is InChI=1S/C26H16Cl2F3N5O3/c1-14-11-16(27)12-19(23(32)37)22(14)34-25(38)21-13-17(35-36(21)24-20(28)3-2-10-33-24)7-4-15-5-8-18(9-6-15)39-26(29,30)31/h2-3,5-6,8-13H,1H3,(H2,32,37)(H,34,38). The van der Waals surface area contributed by atoms with Crippen LogP contribution in [-0.2, 0) is 0 Å². The zero-order valence-corrected chi connectivity index (χ0v) is 21.3. The Kier molecular flexibility index (Phi) is 7.80. The topological polar surface area (TPSA) is 112 Å². The predicted octanol–water partition coefficient (Wildman–Crippen LogP) is 5.53. The van der Waals surface area contributed by atoms with Crippen LogP contribution in [0, 0.1) is 18.8 Å². The van der Waals surface area contributed by atoms with Crippen LogP contribution in [0.1, 0.15) is 37.7 Å². The number of nitrogens with zero attached hydrogens (tertiary/aromatic N) is 3. The highest BCUT2D eigenvalue weighted by Crippen LogP contribution is 2.27. The summed E-state index contributed by atoms with van der Waals surface area (Å²) in [6.07, 6.45) is -3.36. The summed E-state index contributed by atoms with van der Waals surface area (Å²) in [4.78, 5) is 29.6. The molecular formula is C26H16Cl2F3N5O3. The van der Waals surface area contributed by atoms with Crippen LogP contribution >= 0.6 is 23.2 Å². The molecule has 13 heteroatoms. The second kappa shape index (κ2) is 11.1. The van der Waals surface area contributed by atoms with E-state index in [1.54, 1.807) is 25.1 Å². The third-order valence-corrected chi connectivity index (χ3v) is 5.62. The van der Waals surface area contributed by atoms with Crippen LogP contribution in [0.15, 0.2) is 60.8 Å². The van der Waals surface area contributed by atoms with Crippen LogP contribution in [0.5, 0.6) is 5.75 Å². The maximum atomic E-state index is 13.4. The molecule has 0 aliphatic rings. The summed E-state index contributed by atoms with van der Waals surface area (Å²) in [7, 11) is 0. The Morgan fingerprint density at radius 2 is 1.79 bits per heavy atom. The average Bonchev–Trinajstić information content (AvgIpc) is 3.28. The minimum Gasteiger partial charge on any atom is -0.406 e. The number of rotatable bonds is 5. The molecule has 4 aromatic rings. The number of amides is 2. The number of nitrogens with two attached hydrogens (primary N) is 1. The third-order valence-electron chi connectivity index (χ3n) is 5.11. The van der Waals surface area contributed by atoms with Crippen LogP contribution in [0.4, 0.5) is 18.9 Å². The van der Waals surface area contributed by atoms with Gasteiger partial charge in [-0.3, -0.25) is 9.59 Å². The Bertz CT molecular complexity index is 1640. The summed E-state index contributed by atoms with van der Waals surface area (Å²) in [5.74, 6) is 3.78. The number of carbonyl (C=O) groups is 2. The molecule has 4 rings (SSSR count). The molecule has 0 atom stereocenters. The molecule has 0 aliphatic carbocycles. The smallest absolute Gasteiger partial charge is 0.406 e. The average molecular weight is 574 g/mol. The molecule has 8 nitrogen and oxygen atoms in total. The van der Waals surface area contributed by atoms with Gasteiger partial charge < -0.3 is 15.8 Å². The van der Waals surface area contributed by atoms with Gasteiger partial charge in [-0.25, -0.2) is 9.67 Å². The van der Waals surface area contributed by atoms with E-state index in [1.165, 1.54) is 35.1 Å². The summed E-state index contributed by atoms with van der Waals surface area (Å²) in [6.45, 7) is 1.64. The molecule has 0 aliphatic heterocycles. The van der Waals surface area contributed by atoms with Gasteiger partial charge in [-0.1, -0.05) is 29.1 Å². The lowest BCUT2D eigenvalue weighted by Gasteiger charge is -2.13. The van der Waals surface area contributed by atoms with Gasteiger partial charge >= 0.3 is 6.36 Å². The maximum Gasteiger partial charge on any atom is 0.573 e. The summed E-state index contributed by atoms with van der Waals surface area (Å²) >= 11 is 12.3.